The van der Waals surface area contributed by atoms with Crippen molar-refractivity contribution in [2.45, 2.75) is 12.5 Å². The van der Waals surface area contributed by atoms with E-state index in [-0.39, 0.29) is 6.54 Å². The standard InChI is InChI=1S/C7H12N2O2S/c1-7(10,4-8)5-3-12-6(9-5)11-2/h3,10H,4,8H2,1-2H3. The Labute approximate surface area is 75.0 Å². The second-order valence-corrected chi connectivity index (χ2v) is 3.50. The van der Waals surface area contributed by atoms with Crippen molar-refractivity contribution in [1.29, 1.82) is 0 Å². The Kier molecular flexibility index (Phi) is 2.66. The summed E-state index contributed by atoms with van der Waals surface area (Å²) in [6.45, 7) is 1.78. The van der Waals surface area contributed by atoms with Crippen molar-refractivity contribution in [2.75, 3.05) is 13.7 Å². The van der Waals surface area contributed by atoms with Gasteiger partial charge < -0.3 is 15.6 Å². The molecule has 3 N–H and O–H groups in total. The number of aromatic nitrogens is 1. The van der Waals surface area contributed by atoms with Crippen molar-refractivity contribution < 1.29 is 9.84 Å². The molecule has 1 heterocycles. The van der Waals surface area contributed by atoms with Crippen LogP contribution in [0.3, 0.4) is 0 Å². The fraction of sp³-hybridized carbons (Fsp3) is 0.571. The van der Waals surface area contributed by atoms with Crippen molar-refractivity contribution in [2.24, 2.45) is 5.73 Å². The zero-order valence-electron chi connectivity index (χ0n) is 7.07. The van der Waals surface area contributed by atoms with E-state index >= 15 is 0 Å². The molecule has 1 unspecified atom stereocenters. The van der Waals surface area contributed by atoms with Crippen LogP contribution in [0.25, 0.3) is 0 Å². The molecular formula is C7H12N2O2S. The second kappa shape index (κ2) is 3.38. The highest BCUT2D eigenvalue weighted by Crippen LogP contribution is 2.25. The molecule has 0 radical (unpaired) electrons. The Morgan fingerprint density at radius 1 is 1.83 bits per heavy atom. The Bertz CT molecular complexity index is 260. The van der Waals surface area contributed by atoms with Gasteiger partial charge in [-0.25, -0.2) is 4.98 Å². The van der Waals surface area contributed by atoms with Gasteiger partial charge in [0, 0.05) is 11.9 Å². The average molecular weight is 188 g/mol. The van der Waals surface area contributed by atoms with Crippen LogP contribution in [0.1, 0.15) is 12.6 Å². The molecule has 0 spiro atoms. The first kappa shape index (κ1) is 9.44. The van der Waals surface area contributed by atoms with E-state index in [0.29, 0.717) is 10.9 Å². The lowest BCUT2D eigenvalue weighted by Gasteiger charge is -2.17. The summed E-state index contributed by atoms with van der Waals surface area (Å²) in [5, 5.41) is 11.9. The molecule has 0 saturated heterocycles. The summed E-state index contributed by atoms with van der Waals surface area (Å²) in [4.78, 5) is 4.04. The number of rotatable bonds is 3. The third-order valence-corrected chi connectivity index (χ3v) is 2.41. The van der Waals surface area contributed by atoms with E-state index in [0.717, 1.165) is 0 Å². The maximum Gasteiger partial charge on any atom is 0.273 e. The molecule has 1 rings (SSSR count). The van der Waals surface area contributed by atoms with Crippen LogP contribution in [0.5, 0.6) is 5.19 Å². The highest BCUT2D eigenvalue weighted by molar-refractivity contribution is 7.11. The lowest BCUT2D eigenvalue weighted by atomic mass is 10.1. The van der Waals surface area contributed by atoms with Gasteiger partial charge in [-0.15, -0.1) is 0 Å². The summed E-state index contributed by atoms with van der Waals surface area (Å²) in [6.07, 6.45) is 0. The van der Waals surface area contributed by atoms with E-state index in [1.54, 1.807) is 19.4 Å². The monoisotopic (exact) mass is 188 g/mol. The number of nitrogens with zero attached hydrogens (tertiary/aromatic N) is 1. The van der Waals surface area contributed by atoms with Gasteiger partial charge in [-0.05, 0) is 6.92 Å². The minimum atomic E-state index is -1.05. The lowest BCUT2D eigenvalue weighted by Crippen LogP contribution is -2.31. The molecule has 1 atom stereocenters. The van der Waals surface area contributed by atoms with E-state index < -0.39 is 5.60 Å². The van der Waals surface area contributed by atoms with Crippen molar-refractivity contribution >= 4 is 11.3 Å². The number of nitrogens with two attached hydrogens (primary N) is 1. The van der Waals surface area contributed by atoms with Crippen LogP contribution in [0, 0.1) is 0 Å². The zero-order chi connectivity index (χ0) is 9.19. The molecular weight excluding hydrogens is 176 g/mol. The van der Waals surface area contributed by atoms with Gasteiger partial charge in [0.05, 0.1) is 12.8 Å². The molecule has 0 bridgehead atoms. The number of thiazole rings is 1. The van der Waals surface area contributed by atoms with E-state index in [2.05, 4.69) is 4.98 Å². The summed E-state index contributed by atoms with van der Waals surface area (Å²) >= 11 is 1.34. The highest BCUT2D eigenvalue weighted by atomic mass is 32.1. The third kappa shape index (κ3) is 1.74. The summed E-state index contributed by atoms with van der Waals surface area (Å²) in [5.41, 5.74) is 4.88. The number of hydrogen-bond acceptors (Lipinski definition) is 5. The first-order valence-electron chi connectivity index (χ1n) is 3.52. The molecule has 4 nitrogen and oxygen atoms in total. The molecule has 0 fully saturated rings. The molecule has 12 heavy (non-hydrogen) atoms. The second-order valence-electron chi connectivity index (χ2n) is 2.68. The van der Waals surface area contributed by atoms with Crippen molar-refractivity contribution in [3.05, 3.63) is 11.1 Å². The van der Waals surface area contributed by atoms with E-state index in [1.807, 2.05) is 0 Å². The Morgan fingerprint density at radius 2 is 2.50 bits per heavy atom. The summed E-state index contributed by atoms with van der Waals surface area (Å²) in [6, 6.07) is 0. The maximum atomic E-state index is 9.67. The van der Waals surface area contributed by atoms with E-state index in [1.165, 1.54) is 11.3 Å². The summed E-state index contributed by atoms with van der Waals surface area (Å²) in [7, 11) is 1.54. The van der Waals surface area contributed by atoms with Crippen LogP contribution in [0.2, 0.25) is 0 Å². The highest BCUT2D eigenvalue weighted by Gasteiger charge is 2.24. The minimum Gasteiger partial charge on any atom is -0.473 e. The number of hydrogen-bond donors (Lipinski definition) is 2. The van der Waals surface area contributed by atoms with Gasteiger partial charge in [0.1, 0.15) is 5.60 Å². The Morgan fingerprint density at radius 3 is 2.92 bits per heavy atom. The van der Waals surface area contributed by atoms with Crippen LogP contribution in [0.4, 0.5) is 0 Å². The molecule has 0 aromatic carbocycles. The molecule has 1 aromatic heterocycles. The van der Waals surface area contributed by atoms with E-state index in [9.17, 15) is 5.11 Å². The molecule has 0 aliphatic carbocycles. The molecule has 0 amide bonds. The normalized spacial score (nSPS) is 15.7. The third-order valence-electron chi connectivity index (χ3n) is 1.61. The smallest absolute Gasteiger partial charge is 0.273 e. The van der Waals surface area contributed by atoms with Crippen LogP contribution in [0.15, 0.2) is 5.38 Å². The molecule has 0 aliphatic heterocycles. The minimum absolute atomic E-state index is 0.153. The Hall–Kier alpha value is -0.650. The molecule has 5 heteroatoms. The van der Waals surface area contributed by atoms with Gasteiger partial charge in [-0.1, -0.05) is 11.3 Å². The van der Waals surface area contributed by atoms with E-state index in [4.69, 9.17) is 10.5 Å². The van der Waals surface area contributed by atoms with Crippen LogP contribution in [-0.4, -0.2) is 23.7 Å². The van der Waals surface area contributed by atoms with Gasteiger partial charge in [-0.2, -0.15) is 0 Å². The van der Waals surface area contributed by atoms with Crippen LogP contribution in [-0.2, 0) is 5.60 Å². The van der Waals surface area contributed by atoms with Crippen molar-refractivity contribution in [3.8, 4) is 5.19 Å². The Balaban J connectivity index is 2.88. The van der Waals surface area contributed by atoms with Gasteiger partial charge in [0.2, 0.25) is 0 Å². The first-order valence-corrected chi connectivity index (χ1v) is 4.40. The van der Waals surface area contributed by atoms with Gasteiger partial charge >= 0.3 is 0 Å². The van der Waals surface area contributed by atoms with Crippen LogP contribution >= 0.6 is 11.3 Å². The number of aliphatic hydroxyl groups is 1. The quantitative estimate of drug-likeness (QED) is 0.716. The van der Waals surface area contributed by atoms with Crippen molar-refractivity contribution in [3.63, 3.8) is 0 Å². The molecule has 0 saturated carbocycles. The largest absolute Gasteiger partial charge is 0.473 e. The van der Waals surface area contributed by atoms with Crippen LogP contribution < -0.4 is 10.5 Å². The van der Waals surface area contributed by atoms with Gasteiger partial charge in [0.15, 0.2) is 0 Å². The van der Waals surface area contributed by atoms with Gasteiger partial charge in [-0.3, -0.25) is 0 Å². The topological polar surface area (TPSA) is 68.4 Å². The average Bonchev–Trinajstić information content (AvgIpc) is 2.52. The summed E-state index contributed by atoms with van der Waals surface area (Å²) < 4.78 is 4.89. The number of methoxy groups -OCH3 is 1. The molecule has 0 aliphatic rings. The fourth-order valence-corrected chi connectivity index (χ4v) is 1.47. The zero-order valence-corrected chi connectivity index (χ0v) is 7.89. The predicted octanol–water partition coefficient (Wildman–Crippen LogP) is 0.318. The summed E-state index contributed by atoms with van der Waals surface area (Å²) in [5.74, 6) is 0. The van der Waals surface area contributed by atoms with Gasteiger partial charge in [0.25, 0.3) is 5.19 Å². The predicted molar refractivity (Wildman–Crippen MR) is 47.3 cm³/mol. The molecule has 1 aromatic rings. The number of ether oxygens (including phenoxy) is 1. The SMILES string of the molecule is COc1nc(C(C)(O)CN)cs1. The first-order chi connectivity index (χ1) is 5.60. The van der Waals surface area contributed by atoms with Crippen molar-refractivity contribution in [1.82, 2.24) is 4.98 Å². The molecule has 68 valence electrons. The lowest BCUT2D eigenvalue weighted by molar-refractivity contribution is 0.0624. The fourth-order valence-electron chi connectivity index (χ4n) is 0.703. The maximum absolute atomic E-state index is 9.67.